The van der Waals surface area contributed by atoms with Crippen LogP contribution < -0.4 is 4.74 Å². The summed E-state index contributed by atoms with van der Waals surface area (Å²) in [7, 11) is -2.69. The van der Waals surface area contributed by atoms with E-state index in [2.05, 4.69) is 0 Å². The van der Waals surface area contributed by atoms with Crippen LogP contribution in [0.5, 0.6) is 11.5 Å². The lowest BCUT2D eigenvalue weighted by Gasteiger charge is -2.16. The van der Waals surface area contributed by atoms with Gasteiger partial charge in [0.2, 0.25) is 0 Å². The van der Waals surface area contributed by atoms with Gasteiger partial charge in [-0.1, -0.05) is 19.9 Å². The van der Waals surface area contributed by atoms with Crippen LogP contribution >= 0.6 is 0 Å². The molecule has 5 nitrogen and oxygen atoms in total. The summed E-state index contributed by atoms with van der Waals surface area (Å²) in [6.45, 7) is 3.71. The van der Waals surface area contributed by atoms with Crippen molar-refractivity contribution >= 4 is 10.1 Å². The summed E-state index contributed by atoms with van der Waals surface area (Å²) < 4.78 is 35.5. The summed E-state index contributed by atoms with van der Waals surface area (Å²) in [5.41, 5.74) is 0.700. The highest BCUT2D eigenvalue weighted by Crippen LogP contribution is 2.37. The molecule has 1 aromatic carbocycles. The molecule has 0 spiro atoms. The van der Waals surface area contributed by atoms with Crippen LogP contribution in [0.15, 0.2) is 12.1 Å². The lowest BCUT2D eigenvalue weighted by atomic mass is 9.98. The van der Waals surface area contributed by atoms with Gasteiger partial charge in [-0.2, -0.15) is 8.42 Å². The molecule has 17 heavy (non-hydrogen) atoms. The fourth-order valence-corrected chi connectivity index (χ4v) is 2.31. The number of phenolic OH excluding ortho intramolecular Hbond substituents is 1. The highest BCUT2D eigenvalue weighted by Gasteiger charge is 2.19. The smallest absolute Gasteiger partial charge is 0.269 e. The first-order chi connectivity index (χ1) is 7.76. The van der Waals surface area contributed by atoms with Gasteiger partial charge in [0.25, 0.3) is 10.1 Å². The van der Waals surface area contributed by atoms with Crippen molar-refractivity contribution in [3.05, 3.63) is 23.3 Å². The molecule has 0 aliphatic heterocycles. The van der Waals surface area contributed by atoms with E-state index in [-0.39, 0.29) is 17.2 Å². The van der Waals surface area contributed by atoms with Crippen molar-refractivity contribution in [2.45, 2.75) is 25.5 Å². The molecule has 0 heterocycles. The lowest BCUT2D eigenvalue weighted by molar-refractivity contribution is 0.394. The van der Waals surface area contributed by atoms with Crippen LogP contribution in [0.2, 0.25) is 0 Å². The van der Waals surface area contributed by atoms with Crippen LogP contribution in [0.1, 0.15) is 30.9 Å². The molecule has 0 saturated carbocycles. The molecule has 0 atom stereocenters. The zero-order valence-electron chi connectivity index (χ0n) is 9.97. The topological polar surface area (TPSA) is 83.8 Å². The minimum absolute atomic E-state index is 0.0219. The number of methoxy groups -OCH3 is 1. The molecule has 0 saturated heterocycles. The molecule has 0 amide bonds. The third kappa shape index (κ3) is 3.34. The van der Waals surface area contributed by atoms with Crippen molar-refractivity contribution in [3.63, 3.8) is 0 Å². The molecule has 96 valence electrons. The van der Waals surface area contributed by atoms with E-state index < -0.39 is 15.9 Å². The second-order valence-electron chi connectivity index (χ2n) is 4.07. The van der Waals surface area contributed by atoms with E-state index >= 15 is 0 Å². The van der Waals surface area contributed by atoms with Gasteiger partial charge in [0, 0.05) is 11.1 Å². The third-order valence-corrected chi connectivity index (χ3v) is 3.07. The maximum atomic E-state index is 10.8. The summed E-state index contributed by atoms with van der Waals surface area (Å²) >= 11 is 0. The molecule has 0 bridgehead atoms. The number of rotatable bonds is 4. The fourth-order valence-electron chi connectivity index (χ4n) is 1.68. The Hall–Kier alpha value is -1.27. The molecule has 1 rings (SSSR count). The van der Waals surface area contributed by atoms with E-state index in [1.54, 1.807) is 6.07 Å². The van der Waals surface area contributed by atoms with Crippen molar-refractivity contribution in [3.8, 4) is 11.5 Å². The molecular weight excluding hydrogens is 244 g/mol. The number of phenols is 1. The molecule has 0 fully saturated rings. The average Bonchev–Trinajstić information content (AvgIpc) is 2.18. The van der Waals surface area contributed by atoms with Gasteiger partial charge < -0.3 is 9.84 Å². The standard InChI is InChI=1S/C11H16O5S/c1-7(2)10-9(16-3)5-4-8(11(10)12)6-17(13,14)15/h4-5,7,12H,6H2,1-3H3,(H,13,14,15). The van der Waals surface area contributed by atoms with Gasteiger partial charge in [-0.25, -0.2) is 0 Å². The van der Waals surface area contributed by atoms with Crippen LogP contribution in [0, 0.1) is 0 Å². The third-order valence-electron chi connectivity index (χ3n) is 2.40. The molecule has 0 unspecified atom stereocenters. The van der Waals surface area contributed by atoms with E-state index in [4.69, 9.17) is 9.29 Å². The van der Waals surface area contributed by atoms with Gasteiger partial charge >= 0.3 is 0 Å². The molecule has 0 aliphatic rings. The van der Waals surface area contributed by atoms with Gasteiger partial charge in [0.1, 0.15) is 17.3 Å². The first-order valence-corrected chi connectivity index (χ1v) is 6.71. The number of hydrogen-bond donors (Lipinski definition) is 2. The van der Waals surface area contributed by atoms with Crippen molar-refractivity contribution in [1.29, 1.82) is 0 Å². The van der Waals surface area contributed by atoms with Crippen molar-refractivity contribution < 1.29 is 22.8 Å². The SMILES string of the molecule is COc1ccc(CS(=O)(=O)O)c(O)c1C(C)C. The predicted molar refractivity (Wildman–Crippen MR) is 64.0 cm³/mol. The summed E-state index contributed by atoms with van der Waals surface area (Å²) in [4.78, 5) is 0. The largest absolute Gasteiger partial charge is 0.507 e. The summed E-state index contributed by atoms with van der Waals surface area (Å²) in [6.07, 6.45) is 0. The zero-order valence-corrected chi connectivity index (χ0v) is 10.8. The van der Waals surface area contributed by atoms with Gasteiger partial charge in [0.05, 0.1) is 7.11 Å². The quantitative estimate of drug-likeness (QED) is 0.808. The Morgan fingerprint density at radius 2 is 1.94 bits per heavy atom. The van der Waals surface area contributed by atoms with E-state index in [0.29, 0.717) is 11.3 Å². The van der Waals surface area contributed by atoms with Gasteiger partial charge in [-0.3, -0.25) is 4.55 Å². The van der Waals surface area contributed by atoms with Gasteiger partial charge in [-0.05, 0) is 12.0 Å². The summed E-state index contributed by atoms with van der Waals surface area (Å²) in [5.74, 6) is -0.275. The van der Waals surface area contributed by atoms with Crippen LogP contribution in [0.3, 0.4) is 0 Å². The van der Waals surface area contributed by atoms with Crippen molar-refractivity contribution in [1.82, 2.24) is 0 Å². The Morgan fingerprint density at radius 3 is 2.35 bits per heavy atom. The number of hydrogen-bond acceptors (Lipinski definition) is 4. The molecule has 2 N–H and O–H groups in total. The normalized spacial score (nSPS) is 11.8. The van der Waals surface area contributed by atoms with Crippen LogP contribution in [0.25, 0.3) is 0 Å². The van der Waals surface area contributed by atoms with Gasteiger partial charge in [-0.15, -0.1) is 0 Å². The second-order valence-corrected chi connectivity index (χ2v) is 5.52. The Bertz CT molecular complexity index is 505. The van der Waals surface area contributed by atoms with Crippen LogP contribution in [0.4, 0.5) is 0 Å². The number of ether oxygens (including phenoxy) is 1. The zero-order chi connectivity index (χ0) is 13.2. The monoisotopic (exact) mass is 260 g/mol. The maximum Gasteiger partial charge on any atom is 0.269 e. The molecular formula is C11H16O5S. The van der Waals surface area contributed by atoms with Gasteiger partial charge in [0.15, 0.2) is 0 Å². The van der Waals surface area contributed by atoms with Crippen LogP contribution in [-0.4, -0.2) is 25.2 Å². The second kappa shape index (κ2) is 4.93. The number of aromatic hydroxyl groups is 1. The highest BCUT2D eigenvalue weighted by molar-refractivity contribution is 7.85. The Labute approximate surface area is 101 Å². The first-order valence-electron chi connectivity index (χ1n) is 5.10. The van der Waals surface area contributed by atoms with E-state index in [1.807, 2.05) is 13.8 Å². The fraction of sp³-hybridized carbons (Fsp3) is 0.455. The molecule has 6 heteroatoms. The average molecular weight is 260 g/mol. The lowest BCUT2D eigenvalue weighted by Crippen LogP contribution is -2.04. The van der Waals surface area contributed by atoms with Crippen molar-refractivity contribution in [2.75, 3.05) is 7.11 Å². The summed E-state index contributed by atoms with van der Waals surface area (Å²) in [5, 5.41) is 9.98. The molecule has 1 aromatic rings. The van der Waals surface area contributed by atoms with Crippen molar-refractivity contribution in [2.24, 2.45) is 0 Å². The molecule has 0 radical (unpaired) electrons. The minimum atomic E-state index is -4.16. The number of benzene rings is 1. The molecule has 0 aromatic heterocycles. The Kier molecular flexibility index (Phi) is 4.00. The first kappa shape index (κ1) is 13.8. The maximum absolute atomic E-state index is 10.8. The van der Waals surface area contributed by atoms with Crippen LogP contribution in [-0.2, 0) is 15.9 Å². The Morgan fingerprint density at radius 1 is 1.35 bits per heavy atom. The highest BCUT2D eigenvalue weighted by atomic mass is 32.2. The van der Waals surface area contributed by atoms with E-state index in [0.717, 1.165) is 0 Å². The Balaban J connectivity index is 3.33. The van der Waals surface area contributed by atoms with E-state index in [9.17, 15) is 13.5 Å². The predicted octanol–water partition coefficient (Wildman–Crippen LogP) is 1.91. The minimum Gasteiger partial charge on any atom is -0.507 e. The molecule has 0 aliphatic carbocycles. The summed E-state index contributed by atoms with van der Waals surface area (Å²) in [6, 6.07) is 3.00. The van der Waals surface area contributed by atoms with E-state index in [1.165, 1.54) is 13.2 Å².